The van der Waals surface area contributed by atoms with Gasteiger partial charge in [0.05, 0.1) is 0 Å². The van der Waals surface area contributed by atoms with Gasteiger partial charge in [0.1, 0.15) is 24.7 Å². The van der Waals surface area contributed by atoms with Gasteiger partial charge in [0.15, 0.2) is 0 Å². The number of carbonyl (C=O) groups excluding carboxylic acids is 1. The van der Waals surface area contributed by atoms with E-state index in [1.54, 1.807) is 0 Å². The number of carbonyl (C=O) groups is 3. The fourth-order valence-electron chi connectivity index (χ4n) is 1.23. The van der Waals surface area contributed by atoms with Crippen LogP contribution in [0, 0.1) is 0 Å². The third kappa shape index (κ3) is 7.67. The summed E-state index contributed by atoms with van der Waals surface area (Å²) in [5.74, 6) is -2.55. The minimum Gasteiger partial charge on any atom is -0.480 e. The highest BCUT2D eigenvalue weighted by Crippen LogP contribution is 2.06. The second-order valence-electron chi connectivity index (χ2n) is 4.35. The largest absolute Gasteiger partial charge is 0.480 e. The van der Waals surface area contributed by atoms with Crippen LogP contribution in [0.2, 0.25) is 0 Å². The van der Waals surface area contributed by atoms with Crippen LogP contribution in [-0.4, -0.2) is 59.4 Å². The highest BCUT2D eigenvalue weighted by atomic mass is 16.5. The van der Waals surface area contributed by atoms with Crippen LogP contribution in [0.3, 0.4) is 0 Å². The molecule has 1 fully saturated rings. The van der Waals surface area contributed by atoms with Crippen molar-refractivity contribution in [2.75, 3.05) is 13.2 Å². The Morgan fingerprint density at radius 1 is 1.30 bits per heavy atom. The van der Waals surface area contributed by atoms with E-state index in [0.29, 0.717) is 0 Å². The number of carboxylic acids is 2. The van der Waals surface area contributed by atoms with E-state index in [0.717, 1.165) is 19.4 Å². The standard InChI is InChI=1S/C8H14N2O4.C3H7NO2/c9-5(7(11)12)4-14-8(13)6-2-1-3-10-6;1-2(4)3(5)6/h5-6,10H,1-4,9H2,(H,11,12);2H,4H2,1H3,(H,5,6)/t5-,6-;2-/m00/s1. The molecule has 1 aliphatic heterocycles. The number of nitrogens with one attached hydrogen (secondary N) is 1. The van der Waals surface area contributed by atoms with Gasteiger partial charge in [-0.05, 0) is 26.3 Å². The van der Waals surface area contributed by atoms with Gasteiger partial charge in [0.25, 0.3) is 0 Å². The average Bonchev–Trinajstić information content (AvgIpc) is 2.89. The predicted molar refractivity (Wildman–Crippen MR) is 68.9 cm³/mol. The monoisotopic (exact) mass is 291 g/mol. The SMILES string of the molecule is C[C@H](N)C(=O)O.N[C@@H](COC(=O)[C@@H]1CCCN1)C(=O)O. The van der Waals surface area contributed by atoms with Gasteiger partial charge >= 0.3 is 17.9 Å². The second-order valence-corrected chi connectivity index (χ2v) is 4.35. The van der Waals surface area contributed by atoms with Crippen LogP contribution in [0.5, 0.6) is 0 Å². The Morgan fingerprint density at radius 3 is 2.20 bits per heavy atom. The van der Waals surface area contributed by atoms with Gasteiger partial charge in [-0.25, -0.2) is 0 Å². The van der Waals surface area contributed by atoms with Gasteiger partial charge in [-0.2, -0.15) is 0 Å². The third-order valence-electron chi connectivity index (χ3n) is 2.46. The predicted octanol–water partition coefficient (Wildman–Crippen LogP) is -1.89. The number of hydrogen-bond donors (Lipinski definition) is 5. The number of rotatable bonds is 5. The molecule has 0 aromatic heterocycles. The maximum Gasteiger partial charge on any atom is 0.324 e. The number of ether oxygens (including phenoxy) is 1. The quantitative estimate of drug-likeness (QED) is 0.364. The summed E-state index contributed by atoms with van der Waals surface area (Å²) in [6.45, 7) is 1.94. The summed E-state index contributed by atoms with van der Waals surface area (Å²) < 4.78 is 4.74. The summed E-state index contributed by atoms with van der Waals surface area (Å²) >= 11 is 0. The van der Waals surface area contributed by atoms with Gasteiger partial charge in [-0.3, -0.25) is 14.4 Å². The van der Waals surface area contributed by atoms with Crippen molar-refractivity contribution < 1.29 is 29.3 Å². The first-order valence-electron chi connectivity index (χ1n) is 6.12. The Labute approximate surface area is 116 Å². The average molecular weight is 291 g/mol. The first kappa shape index (κ1) is 18.3. The fraction of sp³-hybridized carbons (Fsp3) is 0.727. The van der Waals surface area contributed by atoms with Gasteiger partial charge in [0.2, 0.25) is 0 Å². The maximum absolute atomic E-state index is 11.2. The summed E-state index contributed by atoms with van der Waals surface area (Å²) in [7, 11) is 0. The Bertz CT molecular complexity index is 341. The zero-order valence-corrected chi connectivity index (χ0v) is 11.2. The van der Waals surface area contributed by atoms with Crippen LogP contribution < -0.4 is 16.8 Å². The van der Waals surface area contributed by atoms with Gasteiger partial charge in [-0.1, -0.05) is 0 Å². The summed E-state index contributed by atoms with van der Waals surface area (Å²) in [5.41, 5.74) is 10.0. The molecule has 1 rings (SSSR count). The van der Waals surface area contributed by atoms with E-state index in [1.165, 1.54) is 6.92 Å². The normalized spacial score (nSPS) is 20.2. The number of esters is 1. The van der Waals surface area contributed by atoms with E-state index in [9.17, 15) is 14.4 Å². The molecule has 9 nitrogen and oxygen atoms in total. The Hall–Kier alpha value is -1.71. The first-order chi connectivity index (χ1) is 9.25. The van der Waals surface area contributed by atoms with Crippen LogP contribution in [0.1, 0.15) is 19.8 Å². The lowest BCUT2D eigenvalue weighted by Crippen LogP contribution is -2.39. The van der Waals surface area contributed by atoms with E-state index in [4.69, 9.17) is 26.4 Å². The molecule has 0 bridgehead atoms. The van der Waals surface area contributed by atoms with Crippen molar-refractivity contribution in [2.45, 2.75) is 37.9 Å². The van der Waals surface area contributed by atoms with E-state index < -0.39 is 30.0 Å². The van der Waals surface area contributed by atoms with Crippen molar-refractivity contribution in [1.29, 1.82) is 0 Å². The molecule has 7 N–H and O–H groups in total. The van der Waals surface area contributed by atoms with Crippen molar-refractivity contribution in [3.05, 3.63) is 0 Å². The molecular weight excluding hydrogens is 270 g/mol. The van der Waals surface area contributed by atoms with Crippen molar-refractivity contribution in [3.63, 3.8) is 0 Å². The van der Waals surface area contributed by atoms with E-state index in [-0.39, 0.29) is 12.6 Å². The minimum atomic E-state index is -1.17. The number of aliphatic carboxylic acids is 2. The number of nitrogens with two attached hydrogens (primary N) is 2. The molecule has 0 saturated carbocycles. The van der Waals surface area contributed by atoms with Gasteiger partial charge in [0, 0.05) is 0 Å². The molecule has 0 radical (unpaired) electrons. The smallest absolute Gasteiger partial charge is 0.324 e. The van der Waals surface area contributed by atoms with Gasteiger partial charge in [-0.15, -0.1) is 0 Å². The fourth-order valence-corrected chi connectivity index (χ4v) is 1.23. The lowest BCUT2D eigenvalue weighted by atomic mass is 10.2. The zero-order chi connectivity index (χ0) is 15.7. The molecular formula is C11H21N3O6. The first-order valence-corrected chi connectivity index (χ1v) is 6.12. The molecule has 0 aromatic carbocycles. The molecule has 9 heteroatoms. The minimum absolute atomic E-state index is 0.271. The van der Waals surface area contributed by atoms with Gasteiger partial charge < -0.3 is 31.7 Å². The van der Waals surface area contributed by atoms with E-state index >= 15 is 0 Å². The van der Waals surface area contributed by atoms with Crippen LogP contribution >= 0.6 is 0 Å². The summed E-state index contributed by atoms with van der Waals surface area (Å²) in [6, 6.07) is -2.17. The highest BCUT2D eigenvalue weighted by Gasteiger charge is 2.24. The number of hydrogen-bond acceptors (Lipinski definition) is 7. The van der Waals surface area contributed by atoms with Crippen LogP contribution in [0.25, 0.3) is 0 Å². The van der Waals surface area contributed by atoms with Crippen LogP contribution in [0.4, 0.5) is 0 Å². The topological polar surface area (TPSA) is 165 Å². The summed E-state index contributed by atoms with van der Waals surface area (Å²) in [6.07, 6.45) is 1.67. The molecule has 1 aliphatic rings. The van der Waals surface area contributed by atoms with Crippen molar-refractivity contribution in [3.8, 4) is 0 Å². The molecule has 0 aliphatic carbocycles. The Balaban J connectivity index is 0.000000511. The molecule has 1 heterocycles. The third-order valence-corrected chi connectivity index (χ3v) is 2.46. The molecule has 116 valence electrons. The highest BCUT2D eigenvalue weighted by molar-refractivity contribution is 5.77. The summed E-state index contributed by atoms with van der Waals surface area (Å²) in [4.78, 5) is 31.1. The van der Waals surface area contributed by atoms with Crippen molar-refractivity contribution >= 4 is 17.9 Å². The molecule has 3 atom stereocenters. The lowest BCUT2D eigenvalue weighted by Gasteiger charge is -2.11. The zero-order valence-electron chi connectivity index (χ0n) is 11.2. The number of carboxylic acid groups (broad SMARTS) is 2. The molecule has 20 heavy (non-hydrogen) atoms. The molecule has 0 spiro atoms. The van der Waals surface area contributed by atoms with Crippen molar-refractivity contribution in [2.24, 2.45) is 11.5 Å². The van der Waals surface area contributed by atoms with Crippen LogP contribution in [-0.2, 0) is 19.1 Å². The Kier molecular flexibility index (Phi) is 8.45. The van der Waals surface area contributed by atoms with Crippen molar-refractivity contribution in [1.82, 2.24) is 5.32 Å². The second kappa shape index (κ2) is 9.23. The maximum atomic E-state index is 11.2. The van der Waals surface area contributed by atoms with E-state index in [2.05, 4.69) is 5.32 Å². The molecule has 0 unspecified atom stereocenters. The summed E-state index contributed by atoms with van der Waals surface area (Å²) in [5, 5.41) is 19.2. The molecule has 0 amide bonds. The lowest BCUT2D eigenvalue weighted by molar-refractivity contribution is -0.149. The Morgan fingerprint density at radius 2 is 1.85 bits per heavy atom. The molecule has 0 aromatic rings. The van der Waals surface area contributed by atoms with Crippen LogP contribution in [0.15, 0.2) is 0 Å². The molecule has 1 saturated heterocycles. The van der Waals surface area contributed by atoms with E-state index in [1.807, 2.05) is 0 Å².